The van der Waals surface area contributed by atoms with Gasteiger partial charge in [0.15, 0.2) is 0 Å². The van der Waals surface area contributed by atoms with Gasteiger partial charge in [-0.05, 0) is 44.6 Å². The molecule has 1 saturated heterocycles. The third kappa shape index (κ3) is 5.22. The Hall–Kier alpha value is -2.08. The van der Waals surface area contributed by atoms with Gasteiger partial charge in [0.2, 0.25) is 0 Å². The molecule has 2 N–H and O–H groups in total. The van der Waals surface area contributed by atoms with Crippen molar-refractivity contribution in [2.45, 2.75) is 57.7 Å². The number of carboxylic acid groups (broad SMARTS) is 1. The van der Waals surface area contributed by atoms with Crippen LogP contribution in [0.4, 0.5) is 4.79 Å². The smallest absolute Gasteiger partial charge is 0.317 e. The van der Waals surface area contributed by atoms with Crippen molar-refractivity contribution in [1.29, 1.82) is 0 Å². The number of aliphatic carboxylic acids is 1. The van der Waals surface area contributed by atoms with Crippen LogP contribution in [0.15, 0.2) is 30.3 Å². The maximum Gasteiger partial charge on any atom is 0.317 e. The molecule has 6 nitrogen and oxygen atoms in total. The van der Waals surface area contributed by atoms with E-state index in [4.69, 9.17) is 5.11 Å². The predicted molar refractivity (Wildman–Crippen MR) is 104 cm³/mol. The van der Waals surface area contributed by atoms with Crippen LogP contribution in [0.25, 0.3) is 0 Å². The summed E-state index contributed by atoms with van der Waals surface area (Å²) in [7, 11) is 0. The standard InChI is InChI=1S/C21H31N3O3/c1-2-24(21(27)22-18-10-8-17(9-11-18)20(25)26)19-12-13-23(15-19)14-16-6-4-3-5-7-16/h3-7,17-19H,2,8-15H2,1H3,(H,22,27)(H,25,26). The van der Waals surface area contributed by atoms with Gasteiger partial charge in [-0.2, -0.15) is 0 Å². The Morgan fingerprint density at radius 3 is 2.48 bits per heavy atom. The highest BCUT2D eigenvalue weighted by molar-refractivity contribution is 5.75. The summed E-state index contributed by atoms with van der Waals surface area (Å²) in [5.41, 5.74) is 1.31. The molecule has 6 heteroatoms. The van der Waals surface area contributed by atoms with Crippen LogP contribution in [0.1, 0.15) is 44.6 Å². The third-order valence-corrected chi connectivity index (χ3v) is 5.94. The highest BCUT2D eigenvalue weighted by atomic mass is 16.4. The number of carbonyl (C=O) groups is 2. The van der Waals surface area contributed by atoms with Crippen molar-refractivity contribution in [2.24, 2.45) is 5.92 Å². The average molecular weight is 373 g/mol. The first-order chi connectivity index (χ1) is 13.1. The van der Waals surface area contributed by atoms with Crippen LogP contribution in [0.3, 0.4) is 0 Å². The molecule has 1 unspecified atom stereocenters. The van der Waals surface area contributed by atoms with E-state index < -0.39 is 5.97 Å². The van der Waals surface area contributed by atoms with E-state index in [-0.39, 0.29) is 24.0 Å². The minimum absolute atomic E-state index is 0.00263. The lowest BCUT2D eigenvalue weighted by atomic mass is 9.86. The zero-order valence-corrected chi connectivity index (χ0v) is 16.1. The van der Waals surface area contributed by atoms with Gasteiger partial charge in [0, 0.05) is 38.3 Å². The van der Waals surface area contributed by atoms with Crippen LogP contribution in [0.2, 0.25) is 0 Å². The molecular formula is C21H31N3O3. The van der Waals surface area contributed by atoms with Gasteiger partial charge in [-0.15, -0.1) is 0 Å². The second-order valence-corrected chi connectivity index (χ2v) is 7.79. The monoisotopic (exact) mass is 373 g/mol. The number of rotatable bonds is 6. The van der Waals surface area contributed by atoms with Gasteiger partial charge < -0.3 is 15.3 Å². The molecule has 1 aliphatic heterocycles. The largest absolute Gasteiger partial charge is 0.481 e. The van der Waals surface area contributed by atoms with Gasteiger partial charge in [-0.3, -0.25) is 9.69 Å². The molecule has 0 aromatic heterocycles. The van der Waals surface area contributed by atoms with Crippen molar-refractivity contribution in [3.63, 3.8) is 0 Å². The molecule has 0 bridgehead atoms. The van der Waals surface area contributed by atoms with E-state index in [1.54, 1.807) is 0 Å². The van der Waals surface area contributed by atoms with Crippen LogP contribution < -0.4 is 5.32 Å². The van der Waals surface area contributed by atoms with Crippen molar-refractivity contribution < 1.29 is 14.7 Å². The Morgan fingerprint density at radius 1 is 1.15 bits per heavy atom. The molecule has 2 fully saturated rings. The second kappa shape index (κ2) is 9.22. The fourth-order valence-corrected chi connectivity index (χ4v) is 4.36. The van der Waals surface area contributed by atoms with E-state index in [1.165, 1.54) is 5.56 Å². The molecule has 3 rings (SSSR count). The van der Waals surface area contributed by atoms with Crippen molar-refractivity contribution >= 4 is 12.0 Å². The molecule has 2 aliphatic rings. The Morgan fingerprint density at radius 2 is 1.85 bits per heavy atom. The van der Waals surface area contributed by atoms with Gasteiger partial charge in [0.1, 0.15) is 0 Å². The molecule has 1 aromatic carbocycles. The number of hydrogen-bond acceptors (Lipinski definition) is 3. The predicted octanol–water partition coefficient (Wildman–Crippen LogP) is 2.94. The molecule has 0 radical (unpaired) electrons. The zero-order chi connectivity index (χ0) is 19.2. The highest BCUT2D eigenvalue weighted by Crippen LogP contribution is 2.25. The van der Waals surface area contributed by atoms with Gasteiger partial charge in [-0.25, -0.2) is 4.79 Å². The molecule has 1 aliphatic carbocycles. The molecule has 27 heavy (non-hydrogen) atoms. The lowest BCUT2D eigenvalue weighted by molar-refractivity contribution is -0.142. The van der Waals surface area contributed by atoms with E-state index in [2.05, 4.69) is 34.5 Å². The number of hydrogen-bond donors (Lipinski definition) is 2. The molecule has 1 atom stereocenters. The minimum atomic E-state index is -0.709. The highest BCUT2D eigenvalue weighted by Gasteiger charge is 2.32. The van der Waals surface area contributed by atoms with E-state index in [1.807, 2.05) is 17.9 Å². The maximum atomic E-state index is 12.8. The van der Waals surface area contributed by atoms with Gasteiger partial charge >= 0.3 is 12.0 Å². The summed E-state index contributed by atoms with van der Waals surface area (Å²) in [5, 5.41) is 12.3. The average Bonchev–Trinajstić information content (AvgIpc) is 3.11. The third-order valence-electron chi connectivity index (χ3n) is 5.94. The number of nitrogens with zero attached hydrogens (tertiary/aromatic N) is 2. The fraction of sp³-hybridized carbons (Fsp3) is 0.619. The van der Waals surface area contributed by atoms with Crippen molar-refractivity contribution in [3.05, 3.63) is 35.9 Å². The number of benzene rings is 1. The van der Waals surface area contributed by atoms with Crippen LogP contribution in [0.5, 0.6) is 0 Å². The zero-order valence-electron chi connectivity index (χ0n) is 16.1. The molecule has 1 saturated carbocycles. The summed E-state index contributed by atoms with van der Waals surface area (Å²) in [5.74, 6) is -0.957. The molecule has 1 aromatic rings. The fourth-order valence-electron chi connectivity index (χ4n) is 4.36. The van der Waals surface area contributed by atoms with Crippen molar-refractivity contribution in [2.75, 3.05) is 19.6 Å². The molecule has 1 heterocycles. The minimum Gasteiger partial charge on any atom is -0.481 e. The van der Waals surface area contributed by atoms with E-state index in [9.17, 15) is 9.59 Å². The van der Waals surface area contributed by atoms with E-state index in [0.717, 1.165) is 38.9 Å². The first-order valence-electron chi connectivity index (χ1n) is 10.1. The lowest BCUT2D eigenvalue weighted by Crippen LogP contribution is -2.50. The number of likely N-dealkylation sites (N-methyl/N-ethyl adjacent to an activating group) is 1. The molecule has 148 valence electrons. The lowest BCUT2D eigenvalue weighted by Gasteiger charge is -2.32. The van der Waals surface area contributed by atoms with Crippen molar-refractivity contribution in [3.8, 4) is 0 Å². The van der Waals surface area contributed by atoms with E-state index in [0.29, 0.717) is 19.4 Å². The molecule has 2 amide bonds. The molecular weight excluding hydrogens is 342 g/mol. The van der Waals surface area contributed by atoms with Gasteiger partial charge in [0.25, 0.3) is 0 Å². The van der Waals surface area contributed by atoms with Crippen molar-refractivity contribution in [1.82, 2.24) is 15.1 Å². The first-order valence-corrected chi connectivity index (χ1v) is 10.1. The summed E-state index contributed by atoms with van der Waals surface area (Å²) in [4.78, 5) is 28.2. The molecule has 0 spiro atoms. The number of amides is 2. The van der Waals surface area contributed by atoms with Gasteiger partial charge in [-0.1, -0.05) is 30.3 Å². The van der Waals surface area contributed by atoms with E-state index >= 15 is 0 Å². The van der Waals surface area contributed by atoms with Gasteiger partial charge in [0.05, 0.1) is 5.92 Å². The summed E-state index contributed by atoms with van der Waals surface area (Å²) in [6, 6.07) is 10.8. The Kier molecular flexibility index (Phi) is 6.72. The quantitative estimate of drug-likeness (QED) is 0.804. The number of urea groups is 1. The number of carboxylic acids is 1. The maximum absolute atomic E-state index is 12.8. The Balaban J connectivity index is 1.48. The van der Waals surface area contributed by atoms with Crippen LogP contribution in [-0.4, -0.2) is 58.6 Å². The summed E-state index contributed by atoms with van der Waals surface area (Å²) < 4.78 is 0. The first kappa shape index (κ1) is 19.7. The van der Waals surface area contributed by atoms with Crippen LogP contribution >= 0.6 is 0 Å². The second-order valence-electron chi connectivity index (χ2n) is 7.79. The normalized spacial score (nSPS) is 25.9. The Bertz CT molecular complexity index is 629. The van der Waals surface area contributed by atoms with Crippen LogP contribution in [-0.2, 0) is 11.3 Å². The number of carbonyl (C=O) groups excluding carboxylic acids is 1. The number of nitrogens with one attached hydrogen (secondary N) is 1. The summed E-state index contributed by atoms with van der Waals surface area (Å²) in [6.07, 6.45) is 3.82. The van der Waals surface area contributed by atoms with Crippen LogP contribution in [0, 0.1) is 5.92 Å². The SMILES string of the molecule is CCN(C(=O)NC1CCC(C(=O)O)CC1)C1CCN(Cc2ccccc2)C1. The summed E-state index contributed by atoms with van der Waals surface area (Å²) >= 11 is 0. The summed E-state index contributed by atoms with van der Waals surface area (Å²) in [6.45, 7) is 5.56. The topological polar surface area (TPSA) is 72.9 Å². The Labute approximate surface area is 161 Å². The number of likely N-dealkylation sites (tertiary alicyclic amines) is 1.